The van der Waals surface area contributed by atoms with Crippen LogP contribution in [0.15, 0.2) is 0 Å². The number of hydrogen-bond donors (Lipinski definition) is 1. The minimum atomic E-state index is -0.0396. The van der Waals surface area contributed by atoms with Crippen molar-refractivity contribution in [2.75, 3.05) is 33.3 Å². The van der Waals surface area contributed by atoms with Crippen molar-refractivity contribution < 1.29 is 14.7 Å². The molecule has 0 rings (SSSR count). The molecule has 1 N–H and O–H groups in total. The third-order valence-electron chi connectivity index (χ3n) is 2.78. The Morgan fingerprint density at radius 3 is 2.00 bits per heavy atom. The van der Waals surface area contributed by atoms with E-state index in [1.165, 1.54) is 0 Å². The molecule has 5 heteroatoms. The Hall–Kier alpha value is -1.10. The molecule has 0 unspecified atom stereocenters. The molecule has 0 radical (unpaired) electrons. The lowest BCUT2D eigenvalue weighted by atomic mass is 10.3. The number of aliphatic hydroxyl groups excluding tert-OH is 1. The second-order valence-corrected chi connectivity index (χ2v) is 4.42. The first-order chi connectivity index (χ1) is 8.56. The molecule has 0 aromatic carbocycles. The second-order valence-electron chi connectivity index (χ2n) is 4.42. The normalized spacial score (nSPS) is 10.2. The summed E-state index contributed by atoms with van der Waals surface area (Å²) < 4.78 is 0. The van der Waals surface area contributed by atoms with E-state index in [2.05, 4.69) is 0 Å². The van der Waals surface area contributed by atoms with Gasteiger partial charge in [-0.05, 0) is 12.8 Å². The predicted octanol–water partition coefficient (Wildman–Crippen LogP) is 0.866. The third-order valence-corrected chi connectivity index (χ3v) is 2.78. The fraction of sp³-hybridized carbons (Fsp3) is 0.846. The molecule has 0 heterocycles. The van der Waals surface area contributed by atoms with Crippen molar-refractivity contribution in [3.05, 3.63) is 0 Å². The summed E-state index contributed by atoms with van der Waals surface area (Å²) in [5.74, 6) is 0.146. The maximum atomic E-state index is 11.8. The van der Waals surface area contributed by atoms with E-state index in [0.29, 0.717) is 32.5 Å². The van der Waals surface area contributed by atoms with Crippen molar-refractivity contribution in [1.82, 2.24) is 9.80 Å². The topological polar surface area (TPSA) is 60.9 Å². The van der Waals surface area contributed by atoms with Gasteiger partial charge in [0.1, 0.15) is 0 Å². The molecule has 2 amide bonds. The maximum Gasteiger partial charge on any atom is 0.222 e. The SMILES string of the molecule is CCCC(=O)N(C)CCN(CCO)C(=O)CCC. The first kappa shape index (κ1) is 16.9. The molecule has 0 aliphatic heterocycles. The molecule has 0 aromatic rings. The van der Waals surface area contributed by atoms with Gasteiger partial charge in [0.05, 0.1) is 6.61 Å². The van der Waals surface area contributed by atoms with Crippen LogP contribution in [0, 0.1) is 0 Å². The van der Waals surface area contributed by atoms with Gasteiger partial charge in [-0.1, -0.05) is 13.8 Å². The van der Waals surface area contributed by atoms with E-state index in [1.807, 2.05) is 13.8 Å². The predicted molar refractivity (Wildman–Crippen MR) is 71.1 cm³/mol. The second kappa shape index (κ2) is 9.88. The van der Waals surface area contributed by atoms with Crippen molar-refractivity contribution in [3.8, 4) is 0 Å². The van der Waals surface area contributed by atoms with Gasteiger partial charge < -0.3 is 14.9 Å². The number of nitrogens with zero attached hydrogens (tertiary/aromatic N) is 2. The number of hydrogen-bond acceptors (Lipinski definition) is 3. The lowest BCUT2D eigenvalue weighted by Crippen LogP contribution is -2.40. The first-order valence-corrected chi connectivity index (χ1v) is 6.69. The summed E-state index contributed by atoms with van der Waals surface area (Å²) in [5.41, 5.74) is 0. The summed E-state index contributed by atoms with van der Waals surface area (Å²) in [7, 11) is 1.75. The van der Waals surface area contributed by atoms with Crippen LogP contribution in [0.3, 0.4) is 0 Å². The summed E-state index contributed by atoms with van der Waals surface area (Å²) in [6, 6.07) is 0. The summed E-state index contributed by atoms with van der Waals surface area (Å²) >= 11 is 0. The van der Waals surface area contributed by atoms with Crippen LogP contribution in [0.1, 0.15) is 39.5 Å². The minimum Gasteiger partial charge on any atom is -0.395 e. The van der Waals surface area contributed by atoms with Crippen LogP contribution < -0.4 is 0 Å². The van der Waals surface area contributed by atoms with Gasteiger partial charge in [-0.15, -0.1) is 0 Å². The molecule has 106 valence electrons. The van der Waals surface area contributed by atoms with Crippen LogP contribution in [0.4, 0.5) is 0 Å². The van der Waals surface area contributed by atoms with Crippen LogP contribution in [0.5, 0.6) is 0 Å². The molecular formula is C13H26N2O3. The van der Waals surface area contributed by atoms with E-state index in [0.717, 1.165) is 12.8 Å². The maximum absolute atomic E-state index is 11.8. The van der Waals surface area contributed by atoms with E-state index < -0.39 is 0 Å². The van der Waals surface area contributed by atoms with Gasteiger partial charge in [0, 0.05) is 39.5 Å². The Morgan fingerprint density at radius 1 is 0.944 bits per heavy atom. The van der Waals surface area contributed by atoms with Crippen LogP contribution in [0.2, 0.25) is 0 Å². The number of carbonyl (C=O) groups excluding carboxylic acids is 2. The van der Waals surface area contributed by atoms with E-state index in [9.17, 15) is 9.59 Å². The third kappa shape index (κ3) is 6.59. The summed E-state index contributed by atoms with van der Waals surface area (Å²) in [6.07, 6.45) is 2.66. The van der Waals surface area contributed by atoms with Gasteiger partial charge in [-0.25, -0.2) is 0 Å². The molecule has 18 heavy (non-hydrogen) atoms. The quantitative estimate of drug-likeness (QED) is 0.667. The largest absolute Gasteiger partial charge is 0.395 e. The molecule has 0 aromatic heterocycles. The molecular weight excluding hydrogens is 232 g/mol. The molecule has 0 saturated heterocycles. The number of amides is 2. The molecule has 0 spiro atoms. The zero-order valence-electron chi connectivity index (χ0n) is 11.8. The fourth-order valence-corrected chi connectivity index (χ4v) is 1.65. The number of aliphatic hydroxyl groups is 1. The van der Waals surface area contributed by atoms with E-state index in [4.69, 9.17) is 5.11 Å². The summed E-state index contributed by atoms with van der Waals surface area (Å²) in [6.45, 7) is 5.23. The van der Waals surface area contributed by atoms with Crippen molar-refractivity contribution >= 4 is 11.8 Å². The van der Waals surface area contributed by atoms with Gasteiger partial charge in [0.2, 0.25) is 11.8 Å². The van der Waals surface area contributed by atoms with Gasteiger partial charge >= 0.3 is 0 Å². The number of carbonyl (C=O) groups is 2. The highest BCUT2D eigenvalue weighted by Crippen LogP contribution is 2.00. The van der Waals surface area contributed by atoms with Crippen molar-refractivity contribution in [1.29, 1.82) is 0 Å². The molecule has 0 fully saturated rings. The highest BCUT2D eigenvalue weighted by molar-refractivity contribution is 5.77. The minimum absolute atomic E-state index is 0.0396. The molecule has 5 nitrogen and oxygen atoms in total. The molecule has 0 aliphatic rings. The molecule has 0 bridgehead atoms. The van der Waals surface area contributed by atoms with Gasteiger partial charge in [-0.3, -0.25) is 9.59 Å². The highest BCUT2D eigenvalue weighted by atomic mass is 16.3. The van der Waals surface area contributed by atoms with Crippen LogP contribution >= 0.6 is 0 Å². The Morgan fingerprint density at radius 2 is 1.50 bits per heavy atom. The number of rotatable bonds is 9. The first-order valence-electron chi connectivity index (χ1n) is 6.69. The van der Waals surface area contributed by atoms with Crippen LogP contribution in [-0.4, -0.2) is 60.0 Å². The average Bonchev–Trinajstić information content (AvgIpc) is 2.34. The van der Waals surface area contributed by atoms with Gasteiger partial charge in [0.25, 0.3) is 0 Å². The summed E-state index contributed by atoms with van der Waals surface area (Å²) in [4.78, 5) is 26.6. The molecule has 0 aliphatic carbocycles. The van der Waals surface area contributed by atoms with Crippen molar-refractivity contribution in [2.45, 2.75) is 39.5 Å². The van der Waals surface area contributed by atoms with Gasteiger partial charge in [0.15, 0.2) is 0 Å². The Bertz CT molecular complexity index is 257. The Balaban J connectivity index is 4.17. The zero-order valence-corrected chi connectivity index (χ0v) is 11.8. The average molecular weight is 258 g/mol. The van der Waals surface area contributed by atoms with Gasteiger partial charge in [-0.2, -0.15) is 0 Å². The van der Waals surface area contributed by atoms with E-state index in [-0.39, 0.29) is 18.4 Å². The van der Waals surface area contributed by atoms with Crippen molar-refractivity contribution in [3.63, 3.8) is 0 Å². The Kier molecular flexibility index (Phi) is 9.28. The lowest BCUT2D eigenvalue weighted by molar-refractivity contribution is -0.134. The van der Waals surface area contributed by atoms with Crippen LogP contribution in [-0.2, 0) is 9.59 Å². The standard InChI is InChI=1S/C13H26N2O3/c1-4-6-12(17)14(3)8-9-15(10-11-16)13(18)7-5-2/h16H,4-11H2,1-3H3. The summed E-state index contributed by atoms with van der Waals surface area (Å²) in [5, 5.41) is 8.94. The fourth-order valence-electron chi connectivity index (χ4n) is 1.65. The lowest BCUT2D eigenvalue weighted by Gasteiger charge is -2.25. The Labute approximate surface area is 110 Å². The number of likely N-dealkylation sites (N-methyl/N-ethyl adjacent to an activating group) is 1. The van der Waals surface area contributed by atoms with E-state index >= 15 is 0 Å². The van der Waals surface area contributed by atoms with Crippen molar-refractivity contribution in [2.24, 2.45) is 0 Å². The molecule has 0 saturated carbocycles. The van der Waals surface area contributed by atoms with E-state index in [1.54, 1.807) is 16.8 Å². The zero-order chi connectivity index (χ0) is 14.0. The molecule has 0 atom stereocenters. The smallest absolute Gasteiger partial charge is 0.222 e. The van der Waals surface area contributed by atoms with Crippen LogP contribution in [0.25, 0.3) is 0 Å². The highest BCUT2D eigenvalue weighted by Gasteiger charge is 2.14. The monoisotopic (exact) mass is 258 g/mol.